The number of benzene rings is 2. The molecule has 0 amide bonds. The molecule has 38 heavy (non-hydrogen) atoms. The number of aromatic nitrogens is 2. The molecule has 3 N–H and O–H groups in total. The number of carbonyl (C=O) groups is 1. The third-order valence-corrected chi connectivity index (χ3v) is 8.71. The molecule has 2 unspecified atom stereocenters. The van der Waals surface area contributed by atoms with Crippen LogP contribution < -0.4 is 10.1 Å². The van der Waals surface area contributed by atoms with Crippen LogP contribution in [0, 0.1) is 10.7 Å². The number of hydrogen-bond donors (Lipinski definition) is 3. The smallest absolute Gasteiger partial charge is 0.380 e. The van der Waals surface area contributed by atoms with Crippen LogP contribution in [0.25, 0.3) is 10.8 Å². The lowest BCUT2D eigenvalue weighted by atomic mass is 9.96. The number of aromatic amines is 1. The highest BCUT2D eigenvalue weighted by molar-refractivity contribution is 7.71. The van der Waals surface area contributed by atoms with E-state index in [0.29, 0.717) is 11.1 Å². The maximum atomic E-state index is 14.0. The lowest BCUT2D eigenvalue weighted by molar-refractivity contribution is -0.144. The van der Waals surface area contributed by atoms with Crippen LogP contribution in [0.4, 0.5) is 0 Å². The van der Waals surface area contributed by atoms with Crippen molar-refractivity contribution in [2.24, 2.45) is 5.92 Å². The Labute approximate surface area is 223 Å². The van der Waals surface area contributed by atoms with Crippen molar-refractivity contribution in [1.82, 2.24) is 9.55 Å². The summed E-state index contributed by atoms with van der Waals surface area (Å²) in [6.45, 7) is 2.44. The fourth-order valence-electron chi connectivity index (χ4n) is 4.33. The largest absolute Gasteiger partial charge is 0.469 e. The molecule has 0 spiro atoms. The number of carbonyl (C=O) groups excluding carboxylic acids is 1. The van der Waals surface area contributed by atoms with Crippen molar-refractivity contribution in [3.8, 4) is 5.75 Å². The summed E-state index contributed by atoms with van der Waals surface area (Å²) in [4.78, 5) is 26.1. The van der Waals surface area contributed by atoms with Crippen molar-refractivity contribution in [3.05, 3.63) is 69.9 Å². The van der Waals surface area contributed by atoms with Gasteiger partial charge < -0.3 is 24.2 Å². The van der Waals surface area contributed by atoms with E-state index in [1.54, 1.807) is 18.2 Å². The minimum atomic E-state index is -4.05. The van der Waals surface area contributed by atoms with E-state index >= 15 is 0 Å². The number of H-pyrrole nitrogens is 1. The number of esters is 1. The zero-order valence-corrected chi connectivity index (χ0v) is 22.7. The molecule has 204 valence electrons. The van der Waals surface area contributed by atoms with Gasteiger partial charge in [0.05, 0.1) is 25.8 Å². The average Bonchev–Trinajstić information content (AvgIpc) is 3.10. The van der Waals surface area contributed by atoms with Crippen molar-refractivity contribution in [3.63, 3.8) is 0 Å². The Hall–Kier alpha value is -2.86. The number of aliphatic hydroxyl groups is 2. The van der Waals surface area contributed by atoms with Crippen molar-refractivity contribution >= 4 is 36.6 Å². The molecule has 13 heteroatoms. The molecule has 1 aliphatic heterocycles. The Morgan fingerprint density at radius 1 is 1.26 bits per heavy atom. The molecule has 11 nitrogen and oxygen atoms in total. The number of rotatable bonds is 9. The number of aliphatic hydroxyl groups excluding tert-OH is 1. The second kappa shape index (κ2) is 11.1. The first kappa shape index (κ1) is 28.2. The van der Waals surface area contributed by atoms with Gasteiger partial charge in [-0.1, -0.05) is 43.3 Å². The van der Waals surface area contributed by atoms with Gasteiger partial charge in [-0.3, -0.25) is 23.7 Å². The van der Waals surface area contributed by atoms with Gasteiger partial charge in [0.2, 0.25) is 0 Å². The minimum absolute atomic E-state index is 0.0200. The quantitative estimate of drug-likeness (QED) is 0.201. The third kappa shape index (κ3) is 5.75. The normalized spacial score (nSPS) is 25.6. The fourth-order valence-corrected chi connectivity index (χ4v) is 6.47. The molecule has 1 fully saturated rings. The van der Waals surface area contributed by atoms with Crippen molar-refractivity contribution in [2.45, 2.75) is 37.9 Å². The van der Waals surface area contributed by atoms with E-state index in [4.69, 9.17) is 30.7 Å². The molecule has 2 aromatic carbocycles. The van der Waals surface area contributed by atoms with Gasteiger partial charge in [0.25, 0.3) is 5.56 Å². The van der Waals surface area contributed by atoms with Gasteiger partial charge in [-0.2, -0.15) is 0 Å². The number of nitrogens with zero attached hydrogens (tertiary/aromatic N) is 1. The SMILES string of the molecule is COC(=O)[C@H](C)CP(=O)(OC[C@H]1O[C@@H](n2ccc(=O)[nH]c2=S)C(C)(O)[C@H]1O)Oc1cccc2ccccc12. The van der Waals surface area contributed by atoms with Gasteiger partial charge >= 0.3 is 13.6 Å². The van der Waals surface area contributed by atoms with E-state index in [2.05, 4.69) is 4.98 Å². The number of methoxy groups -OCH3 is 1. The first-order chi connectivity index (χ1) is 17.9. The Morgan fingerprint density at radius 3 is 2.68 bits per heavy atom. The van der Waals surface area contributed by atoms with Gasteiger partial charge in [-0.05, 0) is 30.6 Å². The predicted octanol–water partition coefficient (Wildman–Crippen LogP) is 3.17. The van der Waals surface area contributed by atoms with Gasteiger partial charge in [-0.15, -0.1) is 0 Å². The average molecular weight is 565 g/mol. The first-order valence-electron chi connectivity index (χ1n) is 11.8. The summed E-state index contributed by atoms with van der Waals surface area (Å²) in [7, 11) is -2.82. The Balaban J connectivity index is 1.60. The summed E-state index contributed by atoms with van der Waals surface area (Å²) in [6, 6.07) is 13.8. The van der Waals surface area contributed by atoms with Crippen molar-refractivity contribution in [2.75, 3.05) is 19.9 Å². The van der Waals surface area contributed by atoms with Crippen LogP contribution in [-0.2, 0) is 23.4 Å². The number of nitrogens with one attached hydrogen (secondary N) is 1. The second-order valence-electron chi connectivity index (χ2n) is 9.30. The molecular formula is C25H29N2O9PS. The summed E-state index contributed by atoms with van der Waals surface area (Å²) in [5, 5.41) is 23.4. The topological polar surface area (TPSA) is 149 Å². The Kier molecular flexibility index (Phi) is 8.22. The summed E-state index contributed by atoms with van der Waals surface area (Å²) >= 11 is 5.17. The predicted molar refractivity (Wildman–Crippen MR) is 141 cm³/mol. The number of fused-ring (bicyclic) bond motifs is 1. The molecule has 1 saturated heterocycles. The van der Waals surface area contributed by atoms with Crippen LogP contribution in [0.3, 0.4) is 0 Å². The van der Waals surface area contributed by atoms with Crippen LogP contribution in [0.5, 0.6) is 5.75 Å². The van der Waals surface area contributed by atoms with E-state index in [-0.39, 0.29) is 10.9 Å². The van der Waals surface area contributed by atoms with Crippen LogP contribution in [0.15, 0.2) is 59.5 Å². The highest BCUT2D eigenvalue weighted by atomic mass is 32.1. The zero-order chi connectivity index (χ0) is 27.7. The van der Waals surface area contributed by atoms with Crippen LogP contribution in [0.1, 0.15) is 20.1 Å². The first-order valence-corrected chi connectivity index (χ1v) is 13.9. The van der Waals surface area contributed by atoms with Crippen LogP contribution in [-0.4, -0.2) is 63.4 Å². The van der Waals surface area contributed by atoms with E-state index in [9.17, 15) is 24.4 Å². The van der Waals surface area contributed by atoms with Gasteiger partial charge in [0.1, 0.15) is 23.6 Å². The third-order valence-electron chi connectivity index (χ3n) is 6.38. The second-order valence-corrected chi connectivity index (χ2v) is 11.7. The lowest BCUT2D eigenvalue weighted by Crippen LogP contribution is -2.44. The Morgan fingerprint density at radius 2 is 1.97 bits per heavy atom. The summed E-state index contributed by atoms with van der Waals surface area (Å²) in [6.07, 6.45) is -2.78. The Bertz CT molecular complexity index is 1480. The van der Waals surface area contributed by atoms with E-state index in [1.807, 2.05) is 24.3 Å². The maximum Gasteiger partial charge on any atom is 0.380 e. The van der Waals surface area contributed by atoms with Crippen molar-refractivity contribution in [1.29, 1.82) is 0 Å². The summed E-state index contributed by atoms with van der Waals surface area (Å²) in [5.41, 5.74) is -2.28. The van der Waals surface area contributed by atoms with E-state index in [1.165, 1.54) is 37.8 Å². The molecule has 1 aromatic heterocycles. The standard InChI is InChI=1S/C25H29N2O9PS/c1-15(22(30)33-3)14-37(32,36-18-10-6-8-16-7-4-5-9-17(16)18)34-13-19-21(29)25(2,31)23(35-19)27-12-11-20(28)26-24(27)38/h4-12,15,19,21,23,29,31H,13-14H2,1-3H3,(H,26,28,38)/t15-,19-,21+,23-,25?,37?/m1/s1. The molecule has 0 radical (unpaired) electrons. The monoisotopic (exact) mass is 564 g/mol. The fraction of sp³-hybridized carbons (Fsp3) is 0.400. The number of ether oxygens (including phenoxy) is 2. The maximum absolute atomic E-state index is 14.0. The minimum Gasteiger partial charge on any atom is -0.469 e. The van der Waals surface area contributed by atoms with Crippen LogP contribution >= 0.6 is 19.8 Å². The van der Waals surface area contributed by atoms with Gasteiger partial charge in [0, 0.05) is 17.6 Å². The molecule has 0 bridgehead atoms. The van der Waals surface area contributed by atoms with Gasteiger partial charge in [0.15, 0.2) is 11.0 Å². The molecule has 3 aromatic rings. The molecule has 1 aliphatic rings. The lowest BCUT2D eigenvalue weighted by Gasteiger charge is -2.28. The van der Waals surface area contributed by atoms with Crippen molar-refractivity contribution < 1.29 is 38.1 Å². The molecule has 0 saturated carbocycles. The number of hydrogen-bond acceptors (Lipinski definition) is 10. The molecule has 6 atom stereocenters. The molecule has 2 heterocycles. The highest BCUT2D eigenvalue weighted by Gasteiger charge is 2.53. The zero-order valence-electron chi connectivity index (χ0n) is 21.0. The highest BCUT2D eigenvalue weighted by Crippen LogP contribution is 2.52. The molecule has 4 rings (SSSR count). The summed E-state index contributed by atoms with van der Waals surface area (Å²) < 4.78 is 37.6. The summed E-state index contributed by atoms with van der Waals surface area (Å²) in [5.74, 6) is -1.13. The molecular weight excluding hydrogens is 535 g/mol. The van der Waals surface area contributed by atoms with Gasteiger partial charge in [-0.25, -0.2) is 4.57 Å². The van der Waals surface area contributed by atoms with E-state index in [0.717, 1.165) is 5.39 Å². The molecule has 0 aliphatic carbocycles. The van der Waals surface area contributed by atoms with E-state index < -0.39 is 55.7 Å². The van der Waals surface area contributed by atoms with Crippen LogP contribution in [0.2, 0.25) is 0 Å².